The average Bonchev–Trinajstić information content (AvgIpc) is 2.87. The molecule has 0 aliphatic carbocycles. The maximum Gasteiger partial charge on any atom is 0.119 e. The van der Waals surface area contributed by atoms with E-state index >= 15 is 0 Å². The van der Waals surface area contributed by atoms with Crippen LogP contribution in [0.4, 0.5) is 0 Å². The highest BCUT2D eigenvalue weighted by atomic mass is 32.1. The number of hydrogen-bond donors (Lipinski definition) is 1. The summed E-state index contributed by atoms with van der Waals surface area (Å²) in [5.41, 5.74) is 0.727. The summed E-state index contributed by atoms with van der Waals surface area (Å²) in [7, 11) is 0. The molecule has 124 valence electrons. The zero-order valence-corrected chi connectivity index (χ0v) is 14.7. The van der Waals surface area contributed by atoms with Crippen molar-refractivity contribution in [3.05, 3.63) is 51.7 Å². The van der Waals surface area contributed by atoms with Crippen LogP contribution in [0.15, 0.2) is 36.4 Å². The summed E-state index contributed by atoms with van der Waals surface area (Å²) < 4.78 is 5.76. The molecule has 23 heavy (non-hydrogen) atoms. The van der Waals surface area contributed by atoms with Crippen LogP contribution in [0, 0.1) is 13.8 Å². The summed E-state index contributed by atoms with van der Waals surface area (Å²) >= 11 is 1.87. The number of hydrogen-bond acceptors (Lipinski definition) is 4. The maximum atomic E-state index is 10.7. The van der Waals surface area contributed by atoms with Crippen LogP contribution in [-0.4, -0.2) is 35.3 Å². The minimum atomic E-state index is -0.702. The van der Waals surface area contributed by atoms with Crippen LogP contribution in [0.25, 0.3) is 0 Å². The second-order valence-electron chi connectivity index (χ2n) is 6.54. The summed E-state index contributed by atoms with van der Waals surface area (Å²) in [6, 6.07) is 12.0. The number of aryl methyl sites for hydroxylation is 2. The Hall–Kier alpha value is -1.36. The van der Waals surface area contributed by atoms with Crippen LogP contribution >= 0.6 is 11.3 Å². The molecule has 0 spiro atoms. The van der Waals surface area contributed by atoms with Crippen LogP contribution in [0.5, 0.6) is 5.75 Å². The van der Waals surface area contributed by atoms with Gasteiger partial charge >= 0.3 is 0 Å². The number of ether oxygens (including phenoxy) is 1. The van der Waals surface area contributed by atoms with Crippen molar-refractivity contribution in [3.8, 4) is 5.75 Å². The predicted molar refractivity (Wildman–Crippen MR) is 95.2 cm³/mol. The molecule has 1 aliphatic heterocycles. The van der Waals surface area contributed by atoms with Crippen molar-refractivity contribution in [1.29, 1.82) is 0 Å². The van der Waals surface area contributed by atoms with E-state index < -0.39 is 5.60 Å². The molecule has 0 atom stereocenters. The highest BCUT2D eigenvalue weighted by Crippen LogP contribution is 2.27. The van der Waals surface area contributed by atoms with Gasteiger partial charge in [0, 0.05) is 29.4 Å². The van der Waals surface area contributed by atoms with Gasteiger partial charge in [-0.25, -0.2) is 0 Å². The Balaban J connectivity index is 1.50. The highest BCUT2D eigenvalue weighted by molar-refractivity contribution is 7.12. The van der Waals surface area contributed by atoms with Gasteiger partial charge in [0.05, 0.1) is 0 Å². The Kier molecular flexibility index (Phi) is 5.05. The van der Waals surface area contributed by atoms with Gasteiger partial charge in [-0.15, -0.1) is 11.3 Å². The molecule has 2 aromatic rings. The van der Waals surface area contributed by atoms with Crippen LogP contribution < -0.4 is 4.74 Å². The third kappa shape index (κ3) is 4.34. The van der Waals surface area contributed by atoms with E-state index in [4.69, 9.17) is 4.74 Å². The lowest BCUT2D eigenvalue weighted by molar-refractivity contribution is -0.0537. The van der Waals surface area contributed by atoms with E-state index in [2.05, 4.69) is 24.8 Å². The molecule has 3 nitrogen and oxygen atoms in total. The first-order valence-electron chi connectivity index (χ1n) is 8.23. The van der Waals surface area contributed by atoms with Gasteiger partial charge in [-0.2, -0.15) is 0 Å². The van der Waals surface area contributed by atoms with Gasteiger partial charge < -0.3 is 9.84 Å². The monoisotopic (exact) mass is 331 g/mol. The van der Waals surface area contributed by atoms with Gasteiger partial charge in [0.1, 0.15) is 18.0 Å². The lowest BCUT2D eigenvalue weighted by Gasteiger charge is -2.37. The van der Waals surface area contributed by atoms with Crippen LogP contribution in [-0.2, 0) is 6.54 Å². The van der Waals surface area contributed by atoms with Gasteiger partial charge in [0.25, 0.3) is 0 Å². The fourth-order valence-corrected chi connectivity index (χ4v) is 4.03. The Bertz CT molecular complexity index is 630. The van der Waals surface area contributed by atoms with E-state index in [1.54, 1.807) is 0 Å². The topological polar surface area (TPSA) is 32.7 Å². The summed E-state index contributed by atoms with van der Waals surface area (Å²) in [6.45, 7) is 7.57. The Labute approximate surface area is 142 Å². The third-order valence-electron chi connectivity index (χ3n) is 4.58. The molecule has 1 aromatic heterocycles. The minimum Gasteiger partial charge on any atom is -0.491 e. The Morgan fingerprint density at radius 3 is 2.48 bits per heavy atom. The van der Waals surface area contributed by atoms with Crippen LogP contribution in [0.3, 0.4) is 0 Å². The van der Waals surface area contributed by atoms with Gasteiger partial charge in [0.15, 0.2) is 0 Å². The smallest absolute Gasteiger partial charge is 0.119 e. The maximum absolute atomic E-state index is 10.7. The van der Waals surface area contributed by atoms with Crippen molar-refractivity contribution in [2.24, 2.45) is 0 Å². The van der Waals surface area contributed by atoms with Crippen molar-refractivity contribution >= 4 is 11.3 Å². The molecule has 1 fully saturated rings. The predicted octanol–water partition coefficient (Wildman–Crippen LogP) is 3.77. The van der Waals surface area contributed by atoms with Crippen molar-refractivity contribution in [2.45, 2.75) is 38.8 Å². The van der Waals surface area contributed by atoms with Crippen molar-refractivity contribution < 1.29 is 9.84 Å². The fraction of sp³-hybridized carbons (Fsp3) is 0.474. The van der Waals surface area contributed by atoms with Crippen molar-refractivity contribution in [1.82, 2.24) is 4.90 Å². The largest absolute Gasteiger partial charge is 0.491 e. The molecular weight excluding hydrogens is 306 g/mol. The zero-order chi connectivity index (χ0) is 16.3. The summed E-state index contributed by atoms with van der Waals surface area (Å²) in [6.07, 6.45) is 1.53. The standard InChI is InChI=1S/C19H25NO2S/c1-15-12-17(16(2)23-15)13-20-10-8-19(21,9-11-20)14-22-18-6-4-3-5-7-18/h3-7,12,21H,8-11,13-14H2,1-2H3. The number of para-hydroxylation sites is 1. The molecule has 0 unspecified atom stereocenters. The number of rotatable bonds is 5. The van der Waals surface area contributed by atoms with Gasteiger partial charge in [-0.1, -0.05) is 18.2 Å². The quantitative estimate of drug-likeness (QED) is 0.905. The molecule has 1 aromatic carbocycles. The van der Waals surface area contributed by atoms with E-state index in [-0.39, 0.29) is 0 Å². The lowest BCUT2D eigenvalue weighted by Crippen LogP contribution is -2.47. The molecule has 1 aliphatic rings. The van der Waals surface area contributed by atoms with Gasteiger partial charge in [-0.05, 0) is 50.5 Å². The summed E-state index contributed by atoms with van der Waals surface area (Å²) in [5, 5.41) is 10.7. The SMILES string of the molecule is Cc1cc(CN2CCC(O)(COc3ccccc3)CC2)c(C)s1. The molecule has 1 N–H and O–H groups in total. The lowest BCUT2D eigenvalue weighted by atomic mass is 9.92. The Morgan fingerprint density at radius 1 is 1.17 bits per heavy atom. The molecular formula is C19H25NO2S. The molecule has 0 radical (unpaired) electrons. The molecule has 0 bridgehead atoms. The number of nitrogens with zero attached hydrogens (tertiary/aromatic N) is 1. The number of aliphatic hydroxyl groups is 1. The van der Waals surface area contributed by atoms with E-state index in [0.29, 0.717) is 6.61 Å². The number of likely N-dealkylation sites (tertiary alicyclic amines) is 1. The summed E-state index contributed by atoms with van der Waals surface area (Å²) in [5.74, 6) is 0.827. The van der Waals surface area contributed by atoms with E-state index in [1.165, 1.54) is 15.3 Å². The fourth-order valence-electron chi connectivity index (χ4n) is 3.09. The van der Waals surface area contributed by atoms with Crippen molar-refractivity contribution in [3.63, 3.8) is 0 Å². The second-order valence-corrected chi connectivity index (χ2v) is 8.00. The Morgan fingerprint density at radius 2 is 1.87 bits per heavy atom. The minimum absolute atomic E-state index is 0.376. The first kappa shape index (κ1) is 16.5. The van der Waals surface area contributed by atoms with Crippen LogP contribution in [0.1, 0.15) is 28.2 Å². The molecule has 4 heteroatoms. The number of benzene rings is 1. The highest BCUT2D eigenvalue weighted by Gasteiger charge is 2.33. The molecule has 2 heterocycles. The zero-order valence-electron chi connectivity index (χ0n) is 13.9. The third-order valence-corrected chi connectivity index (χ3v) is 5.58. The molecule has 0 amide bonds. The molecule has 0 saturated carbocycles. The summed E-state index contributed by atoms with van der Waals surface area (Å²) in [4.78, 5) is 5.23. The number of thiophene rings is 1. The van der Waals surface area contributed by atoms with Crippen molar-refractivity contribution in [2.75, 3.05) is 19.7 Å². The van der Waals surface area contributed by atoms with E-state index in [0.717, 1.165) is 38.2 Å². The van der Waals surface area contributed by atoms with Gasteiger partial charge in [0.2, 0.25) is 0 Å². The number of piperidine rings is 1. The van der Waals surface area contributed by atoms with Gasteiger partial charge in [-0.3, -0.25) is 4.90 Å². The molecule has 1 saturated heterocycles. The van der Waals surface area contributed by atoms with E-state index in [1.807, 2.05) is 41.7 Å². The first-order valence-corrected chi connectivity index (χ1v) is 9.04. The van der Waals surface area contributed by atoms with Crippen LogP contribution in [0.2, 0.25) is 0 Å². The normalized spacial score (nSPS) is 18.0. The first-order chi connectivity index (χ1) is 11.0. The molecule has 3 rings (SSSR count). The average molecular weight is 331 g/mol. The second kappa shape index (κ2) is 7.04. The van der Waals surface area contributed by atoms with E-state index in [9.17, 15) is 5.11 Å².